The Bertz CT molecular complexity index is 424. The molecular weight excluding hydrogens is 242 g/mol. The molecule has 0 bridgehead atoms. The Kier molecular flexibility index (Phi) is 4.39. The van der Waals surface area contributed by atoms with Crippen LogP contribution in [0.15, 0.2) is 12.1 Å². The first-order valence-electron chi connectivity index (χ1n) is 6.53. The van der Waals surface area contributed by atoms with Crippen LogP contribution >= 0.6 is 11.3 Å². The van der Waals surface area contributed by atoms with Crippen LogP contribution in [0, 0.1) is 11.3 Å². The van der Waals surface area contributed by atoms with Gasteiger partial charge in [-0.2, -0.15) is 5.26 Å². The Morgan fingerprint density at radius 1 is 1.39 bits per heavy atom. The molecule has 1 fully saturated rings. The lowest BCUT2D eigenvalue weighted by Crippen LogP contribution is -2.49. The summed E-state index contributed by atoms with van der Waals surface area (Å²) in [5.41, 5.74) is 0.343. The summed E-state index contributed by atoms with van der Waals surface area (Å²) in [7, 11) is 4.37. The van der Waals surface area contributed by atoms with Gasteiger partial charge in [-0.15, -0.1) is 11.3 Å². The predicted molar refractivity (Wildman–Crippen MR) is 75.6 cm³/mol. The molecule has 18 heavy (non-hydrogen) atoms. The summed E-state index contributed by atoms with van der Waals surface area (Å²) in [5, 5.41) is 12.4. The van der Waals surface area contributed by atoms with Crippen molar-refractivity contribution in [3.05, 3.63) is 21.9 Å². The molecule has 1 aromatic heterocycles. The lowest BCUT2D eigenvalue weighted by molar-refractivity contribution is 0.154. The largest absolute Gasteiger partial charge is 0.310 e. The molecule has 1 aliphatic carbocycles. The van der Waals surface area contributed by atoms with Crippen LogP contribution in [-0.4, -0.2) is 31.1 Å². The molecule has 0 atom stereocenters. The van der Waals surface area contributed by atoms with Crippen molar-refractivity contribution in [2.24, 2.45) is 0 Å². The van der Waals surface area contributed by atoms with Crippen LogP contribution in [0.4, 0.5) is 0 Å². The van der Waals surface area contributed by atoms with Crippen molar-refractivity contribution >= 4 is 11.3 Å². The molecule has 98 valence electrons. The molecule has 0 radical (unpaired) electrons. The first-order valence-corrected chi connectivity index (χ1v) is 7.35. The first kappa shape index (κ1) is 13.5. The Balaban J connectivity index is 1.85. The van der Waals surface area contributed by atoms with Gasteiger partial charge in [0.1, 0.15) is 10.9 Å². The van der Waals surface area contributed by atoms with Crippen LogP contribution < -0.4 is 5.32 Å². The van der Waals surface area contributed by atoms with Gasteiger partial charge in [-0.1, -0.05) is 12.8 Å². The number of hydrogen-bond donors (Lipinski definition) is 1. The maximum atomic E-state index is 8.80. The van der Waals surface area contributed by atoms with Gasteiger partial charge in [0.05, 0.1) is 0 Å². The number of thiophene rings is 1. The van der Waals surface area contributed by atoms with E-state index in [9.17, 15) is 0 Å². The van der Waals surface area contributed by atoms with E-state index in [0.717, 1.165) is 18.0 Å². The molecule has 1 aromatic rings. The molecule has 0 unspecified atom stereocenters. The van der Waals surface area contributed by atoms with Gasteiger partial charge in [-0.05, 0) is 39.1 Å². The van der Waals surface area contributed by atoms with E-state index in [1.807, 2.05) is 12.1 Å². The van der Waals surface area contributed by atoms with Crippen molar-refractivity contribution < 1.29 is 0 Å². The van der Waals surface area contributed by atoms with Crippen molar-refractivity contribution in [1.29, 1.82) is 5.26 Å². The quantitative estimate of drug-likeness (QED) is 0.887. The molecule has 0 aromatic carbocycles. The van der Waals surface area contributed by atoms with Crippen molar-refractivity contribution in [2.45, 2.75) is 37.8 Å². The third kappa shape index (κ3) is 2.92. The summed E-state index contributed by atoms with van der Waals surface area (Å²) >= 11 is 1.59. The lowest BCUT2D eigenvalue weighted by atomic mass is 9.96. The number of nitrogens with one attached hydrogen (secondary N) is 1. The predicted octanol–water partition coefficient (Wildman–Crippen LogP) is 2.58. The fourth-order valence-electron chi connectivity index (χ4n) is 2.77. The molecule has 0 amide bonds. The van der Waals surface area contributed by atoms with Gasteiger partial charge >= 0.3 is 0 Å². The summed E-state index contributed by atoms with van der Waals surface area (Å²) in [5.74, 6) is 0. The number of nitriles is 1. The normalized spacial score (nSPS) is 18.1. The van der Waals surface area contributed by atoms with Crippen LogP contribution in [-0.2, 0) is 6.54 Å². The monoisotopic (exact) mass is 263 g/mol. The summed E-state index contributed by atoms with van der Waals surface area (Å²) < 4.78 is 0. The minimum absolute atomic E-state index is 0.343. The zero-order valence-corrected chi connectivity index (χ0v) is 12.0. The van der Waals surface area contributed by atoms with E-state index in [2.05, 4.69) is 30.4 Å². The molecule has 0 saturated heterocycles. The maximum absolute atomic E-state index is 8.80. The van der Waals surface area contributed by atoms with Gasteiger partial charge in [-0.3, -0.25) is 0 Å². The fraction of sp³-hybridized carbons (Fsp3) is 0.643. The second kappa shape index (κ2) is 5.83. The maximum Gasteiger partial charge on any atom is 0.110 e. The zero-order valence-electron chi connectivity index (χ0n) is 11.2. The molecule has 0 spiro atoms. The Morgan fingerprint density at radius 3 is 2.67 bits per heavy atom. The Morgan fingerprint density at radius 2 is 2.11 bits per heavy atom. The van der Waals surface area contributed by atoms with Crippen LogP contribution in [0.5, 0.6) is 0 Å². The van der Waals surface area contributed by atoms with Crippen molar-refractivity contribution in [2.75, 3.05) is 20.6 Å². The molecule has 1 heterocycles. The molecule has 1 aliphatic rings. The van der Waals surface area contributed by atoms with Crippen molar-refractivity contribution in [3.63, 3.8) is 0 Å². The minimum atomic E-state index is 0.343. The van der Waals surface area contributed by atoms with Crippen LogP contribution in [0.25, 0.3) is 0 Å². The highest BCUT2D eigenvalue weighted by Gasteiger charge is 2.35. The van der Waals surface area contributed by atoms with Gasteiger partial charge in [0.25, 0.3) is 0 Å². The standard InChI is InChI=1S/C14H21N3S/c1-17(2)14(7-3-4-8-14)11-16-10-13-6-5-12(9-15)18-13/h5-6,16H,3-4,7-8,10-11H2,1-2H3. The zero-order chi connectivity index (χ0) is 13.0. The van der Waals surface area contributed by atoms with Gasteiger partial charge in [0, 0.05) is 23.5 Å². The van der Waals surface area contributed by atoms with E-state index < -0.39 is 0 Å². The van der Waals surface area contributed by atoms with E-state index >= 15 is 0 Å². The summed E-state index contributed by atoms with van der Waals surface area (Å²) in [6.45, 7) is 1.92. The summed E-state index contributed by atoms with van der Waals surface area (Å²) in [6.07, 6.45) is 5.27. The third-order valence-electron chi connectivity index (χ3n) is 4.01. The number of hydrogen-bond acceptors (Lipinski definition) is 4. The first-order chi connectivity index (χ1) is 8.66. The smallest absolute Gasteiger partial charge is 0.110 e. The van der Waals surface area contributed by atoms with Crippen LogP contribution in [0.3, 0.4) is 0 Å². The topological polar surface area (TPSA) is 39.1 Å². The Hall–Kier alpha value is -0.890. The fourth-order valence-corrected chi connectivity index (χ4v) is 3.54. The van der Waals surface area contributed by atoms with E-state index in [1.165, 1.54) is 30.6 Å². The average Bonchev–Trinajstić information content (AvgIpc) is 2.98. The molecule has 2 rings (SSSR count). The highest BCUT2D eigenvalue weighted by atomic mass is 32.1. The number of likely N-dealkylation sites (N-methyl/N-ethyl adjacent to an activating group) is 1. The highest BCUT2D eigenvalue weighted by Crippen LogP contribution is 2.33. The number of nitrogens with zero attached hydrogens (tertiary/aromatic N) is 2. The minimum Gasteiger partial charge on any atom is -0.310 e. The lowest BCUT2D eigenvalue weighted by Gasteiger charge is -2.36. The van der Waals surface area contributed by atoms with Gasteiger partial charge < -0.3 is 10.2 Å². The molecule has 4 heteroatoms. The van der Waals surface area contributed by atoms with E-state index in [1.54, 1.807) is 11.3 Å². The molecule has 1 saturated carbocycles. The van der Waals surface area contributed by atoms with Gasteiger partial charge in [0.15, 0.2) is 0 Å². The van der Waals surface area contributed by atoms with Crippen molar-refractivity contribution in [1.82, 2.24) is 10.2 Å². The van der Waals surface area contributed by atoms with Crippen molar-refractivity contribution in [3.8, 4) is 6.07 Å². The molecule has 1 N–H and O–H groups in total. The number of rotatable bonds is 5. The average molecular weight is 263 g/mol. The third-order valence-corrected chi connectivity index (χ3v) is 5.00. The van der Waals surface area contributed by atoms with Crippen LogP contribution in [0.1, 0.15) is 35.4 Å². The second-order valence-corrected chi connectivity index (χ2v) is 6.48. The van der Waals surface area contributed by atoms with E-state index in [4.69, 9.17) is 5.26 Å². The highest BCUT2D eigenvalue weighted by molar-refractivity contribution is 7.12. The second-order valence-electron chi connectivity index (χ2n) is 5.31. The SMILES string of the molecule is CN(C)C1(CNCc2ccc(C#N)s2)CCCC1. The van der Waals surface area contributed by atoms with Gasteiger partial charge in [0.2, 0.25) is 0 Å². The van der Waals surface area contributed by atoms with Crippen LogP contribution in [0.2, 0.25) is 0 Å². The van der Waals surface area contributed by atoms with E-state index in [-0.39, 0.29) is 0 Å². The van der Waals surface area contributed by atoms with E-state index in [0.29, 0.717) is 5.54 Å². The summed E-state index contributed by atoms with van der Waals surface area (Å²) in [4.78, 5) is 4.43. The Labute approximate surface area is 113 Å². The molecule has 0 aliphatic heterocycles. The molecule has 3 nitrogen and oxygen atoms in total. The summed E-state index contributed by atoms with van der Waals surface area (Å²) in [6, 6.07) is 6.14. The molecular formula is C14H21N3S. The van der Waals surface area contributed by atoms with Gasteiger partial charge in [-0.25, -0.2) is 0 Å².